The summed E-state index contributed by atoms with van der Waals surface area (Å²) in [5.74, 6) is 1.02. The first-order valence-corrected chi connectivity index (χ1v) is 8.77. The molecule has 122 valence electrons. The zero-order valence-corrected chi connectivity index (χ0v) is 13.5. The Balaban J connectivity index is 1.51. The number of fused-ring (bicyclic) bond motifs is 4. The summed E-state index contributed by atoms with van der Waals surface area (Å²) in [5, 5.41) is 0. The molecular weight excluding hydrogens is 300 g/mol. The van der Waals surface area contributed by atoms with E-state index in [9.17, 15) is 4.79 Å². The largest absolute Gasteiger partial charge is 0.299 e. The van der Waals surface area contributed by atoms with Crippen molar-refractivity contribution in [1.82, 2.24) is 14.8 Å². The van der Waals surface area contributed by atoms with E-state index >= 15 is 0 Å². The molecule has 1 amide bonds. The zero-order chi connectivity index (χ0) is 16.1. The van der Waals surface area contributed by atoms with E-state index in [0.29, 0.717) is 6.04 Å². The minimum atomic E-state index is 0.0273. The van der Waals surface area contributed by atoms with Gasteiger partial charge in [0, 0.05) is 30.6 Å². The van der Waals surface area contributed by atoms with Crippen LogP contribution in [-0.4, -0.2) is 51.7 Å². The van der Waals surface area contributed by atoms with Gasteiger partial charge in [0.05, 0.1) is 17.7 Å². The van der Waals surface area contributed by atoms with Crippen LogP contribution in [0.25, 0.3) is 5.57 Å². The molecule has 0 saturated carbocycles. The number of rotatable bonds is 1. The highest BCUT2D eigenvalue weighted by molar-refractivity contribution is 6.13. The van der Waals surface area contributed by atoms with Gasteiger partial charge in [0.25, 0.3) is 0 Å². The summed E-state index contributed by atoms with van der Waals surface area (Å²) >= 11 is 0. The molecule has 2 unspecified atom stereocenters. The smallest absolute Gasteiger partial charge is 0.239 e. The van der Waals surface area contributed by atoms with Gasteiger partial charge in [0.1, 0.15) is 5.84 Å². The third-order valence-electron chi connectivity index (χ3n) is 5.67. The molecule has 5 heteroatoms. The molecule has 2 saturated heterocycles. The molecule has 1 aromatic rings. The molecule has 2 fully saturated rings. The van der Waals surface area contributed by atoms with Crippen molar-refractivity contribution in [2.24, 2.45) is 10.9 Å². The third-order valence-corrected chi connectivity index (χ3v) is 5.67. The number of amidine groups is 1. The van der Waals surface area contributed by atoms with Gasteiger partial charge in [0.15, 0.2) is 0 Å². The van der Waals surface area contributed by atoms with E-state index in [0.717, 1.165) is 43.0 Å². The first-order valence-electron chi connectivity index (χ1n) is 8.77. The average molecular weight is 320 g/mol. The third kappa shape index (κ3) is 2.08. The molecule has 0 aromatic carbocycles. The molecule has 24 heavy (non-hydrogen) atoms. The van der Waals surface area contributed by atoms with Crippen LogP contribution in [0.3, 0.4) is 0 Å². The second-order valence-corrected chi connectivity index (χ2v) is 6.95. The summed E-state index contributed by atoms with van der Waals surface area (Å²) in [6.45, 7) is 2.21. The Morgan fingerprint density at radius 3 is 3.00 bits per heavy atom. The first kappa shape index (κ1) is 14.1. The molecule has 4 aliphatic rings. The lowest BCUT2D eigenvalue weighted by atomic mass is 9.82. The number of nitrogens with zero attached hydrogens (tertiary/aromatic N) is 4. The lowest BCUT2D eigenvalue weighted by Gasteiger charge is -2.44. The minimum Gasteiger partial charge on any atom is -0.299 e. The summed E-state index contributed by atoms with van der Waals surface area (Å²) in [5.41, 5.74) is 1.92. The van der Waals surface area contributed by atoms with Gasteiger partial charge in [-0.2, -0.15) is 0 Å². The van der Waals surface area contributed by atoms with Crippen molar-refractivity contribution in [2.75, 3.05) is 13.1 Å². The molecular formula is C19H20N4O. The monoisotopic (exact) mass is 320 g/mol. The summed E-state index contributed by atoms with van der Waals surface area (Å²) in [7, 11) is 0. The summed E-state index contributed by atoms with van der Waals surface area (Å²) < 4.78 is 0. The number of amides is 1. The van der Waals surface area contributed by atoms with E-state index in [1.54, 1.807) is 11.1 Å². The van der Waals surface area contributed by atoms with Crippen LogP contribution in [0.1, 0.15) is 25.0 Å². The zero-order valence-electron chi connectivity index (χ0n) is 13.5. The van der Waals surface area contributed by atoms with Crippen molar-refractivity contribution >= 4 is 17.3 Å². The van der Waals surface area contributed by atoms with Crippen molar-refractivity contribution in [2.45, 2.75) is 31.3 Å². The van der Waals surface area contributed by atoms with Crippen LogP contribution in [0, 0.1) is 5.92 Å². The lowest BCUT2D eigenvalue weighted by Crippen LogP contribution is -2.57. The van der Waals surface area contributed by atoms with Crippen LogP contribution < -0.4 is 0 Å². The summed E-state index contributed by atoms with van der Waals surface area (Å²) in [4.78, 5) is 26.7. The van der Waals surface area contributed by atoms with Crippen LogP contribution in [0.2, 0.25) is 0 Å². The number of aliphatic imine (C=N–C) groups is 1. The molecule has 1 aromatic heterocycles. The van der Waals surface area contributed by atoms with E-state index in [1.165, 1.54) is 6.42 Å². The van der Waals surface area contributed by atoms with Crippen molar-refractivity contribution in [3.63, 3.8) is 0 Å². The van der Waals surface area contributed by atoms with Gasteiger partial charge >= 0.3 is 0 Å². The molecule has 0 bridgehead atoms. The number of carbonyl (C=O) groups excluding carboxylic acids is 1. The van der Waals surface area contributed by atoms with E-state index in [4.69, 9.17) is 4.99 Å². The fourth-order valence-corrected chi connectivity index (χ4v) is 4.54. The van der Waals surface area contributed by atoms with Crippen LogP contribution in [0.5, 0.6) is 0 Å². The Bertz CT molecular complexity index is 767. The van der Waals surface area contributed by atoms with E-state index < -0.39 is 0 Å². The maximum atomic E-state index is 13.1. The van der Waals surface area contributed by atoms with Crippen LogP contribution in [0.15, 0.2) is 47.7 Å². The molecule has 3 atom stereocenters. The van der Waals surface area contributed by atoms with Gasteiger partial charge in [0.2, 0.25) is 5.91 Å². The predicted molar refractivity (Wildman–Crippen MR) is 92.1 cm³/mol. The quantitative estimate of drug-likeness (QED) is 0.796. The summed E-state index contributed by atoms with van der Waals surface area (Å²) in [6.07, 6.45) is 10.9. The van der Waals surface area contributed by atoms with Crippen molar-refractivity contribution in [3.8, 4) is 0 Å². The number of hydrogen-bond donors (Lipinski definition) is 0. The topological polar surface area (TPSA) is 48.8 Å². The molecule has 0 aliphatic carbocycles. The average Bonchev–Trinajstić information content (AvgIpc) is 3.10. The van der Waals surface area contributed by atoms with Gasteiger partial charge in [-0.3, -0.25) is 24.6 Å². The van der Waals surface area contributed by atoms with Gasteiger partial charge in [-0.1, -0.05) is 6.07 Å². The first-order chi connectivity index (χ1) is 11.8. The fourth-order valence-electron chi connectivity index (χ4n) is 4.54. The van der Waals surface area contributed by atoms with Gasteiger partial charge in [-0.05, 0) is 50.1 Å². The number of hydrogen-bond acceptors (Lipinski definition) is 4. The van der Waals surface area contributed by atoms with Crippen molar-refractivity contribution in [3.05, 3.63) is 48.4 Å². The number of pyridine rings is 1. The minimum absolute atomic E-state index is 0.0273. The SMILES string of the molecule is O=C1C2C(CCN3CCC[C@@H]23)N=C2C=C(c3ccccn3)C=CN12. The van der Waals surface area contributed by atoms with E-state index in [-0.39, 0.29) is 17.9 Å². The Morgan fingerprint density at radius 2 is 2.12 bits per heavy atom. The van der Waals surface area contributed by atoms with Crippen LogP contribution in [-0.2, 0) is 4.79 Å². The predicted octanol–water partition coefficient (Wildman–Crippen LogP) is 2.09. The van der Waals surface area contributed by atoms with Crippen LogP contribution >= 0.6 is 0 Å². The van der Waals surface area contributed by atoms with Crippen molar-refractivity contribution in [1.29, 1.82) is 0 Å². The summed E-state index contributed by atoms with van der Waals surface area (Å²) in [6, 6.07) is 6.39. The molecule has 5 nitrogen and oxygen atoms in total. The van der Waals surface area contributed by atoms with Crippen molar-refractivity contribution < 1.29 is 4.79 Å². The Labute approximate surface area is 141 Å². The lowest BCUT2D eigenvalue weighted by molar-refractivity contribution is -0.134. The molecule has 0 spiro atoms. The molecule has 0 radical (unpaired) electrons. The maximum absolute atomic E-state index is 13.1. The van der Waals surface area contributed by atoms with E-state index in [1.807, 2.05) is 36.6 Å². The van der Waals surface area contributed by atoms with Gasteiger partial charge in [-0.25, -0.2) is 0 Å². The highest BCUT2D eigenvalue weighted by atomic mass is 16.2. The molecule has 5 heterocycles. The number of carbonyl (C=O) groups is 1. The molecule has 4 aliphatic heterocycles. The Kier molecular flexibility index (Phi) is 3.16. The van der Waals surface area contributed by atoms with Gasteiger partial charge < -0.3 is 0 Å². The highest BCUT2D eigenvalue weighted by Crippen LogP contribution is 2.38. The molecule has 5 rings (SSSR count). The standard InChI is InChI=1S/C19H20N4O/c24-19-18-15(7-10-22-9-3-5-16(18)22)21-17-12-13(6-11-23(17)19)14-4-1-2-8-20-14/h1-2,4,6,8,11-12,15-16,18H,3,5,7,9-10H2/t15?,16-,18?/m0/s1. The normalized spacial score (nSPS) is 31.9. The Hall–Kier alpha value is -2.27. The second-order valence-electron chi connectivity index (χ2n) is 6.95. The second kappa shape index (κ2) is 5.38. The van der Waals surface area contributed by atoms with Gasteiger partial charge in [-0.15, -0.1) is 0 Å². The fraction of sp³-hybridized carbons (Fsp3) is 0.421. The number of aromatic nitrogens is 1. The number of allylic oxidation sites excluding steroid dienone is 2. The maximum Gasteiger partial charge on any atom is 0.239 e. The molecule has 0 N–H and O–H groups in total. The van der Waals surface area contributed by atoms with E-state index in [2.05, 4.69) is 9.88 Å². The van der Waals surface area contributed by atoms with Crippen LogP contribution in [0.4, 0.5) is 0 Å². The number of piperidine rings is 1. The highest BCUT2D eigenvalue weighted by Gasteiger charge is 2.48. The Morgan fingerprint density at radius 1 is 1.17 bits per heavy atom.